The van der Waals surface area contributed by atoms with Gasteiger partial charge in [-0.3, -0.25) is 0 Å². The quantitative estimate of drug-likeness (QED) is 0.766. The normalized spacial score (nSPS) is 12.4. The Morgan fingerprint density at radius 2 is 1.92 bits per heavy atom. The van der Waals surface area contributed by atoms with E-state index in [1.165, 1.54) is 6.07 Å². The summed E-state index contributed by atoms with van der Waals surface area (Å²) in [6.07, 6.45) is 2.05. The zero-order valence-electron chi connectivity index (χ0n) is 14.1. The van der Waals surface area contributed by atoms with E-state index in [-0.39, 0.29) is 16.6 Å². The summed E-state index contributed by atoms with van der Waals surface area (Å²) in [4.78, 5) is 8.08. The Labute approximate surface area is 147 Å². The molecule has 0 aliphatic rings. The van der Waals surface area contributed by atoms with Gasteiger partial charge in [-0.05, 0) is 56.5 Å². The molecule has 7 heteroatoms. The summed E-state index contributed by atoms with van der Waals surface area (Å²) >= 11 is 5.82. The first-order valence-electron chi connectivity index (χ1n) is 7.47. The van der Waals surface area contributed by atoms with Gasteiger partial charge in [-0.25, -0.2) is 22.8 Å². The molecule has 0 unspecified atom stereocenters. The summed E-state index contributed by atoms with van der Waals surface area (Å²) in [6, 6.07) is 4.49. The lowest BCUT2D eigenvalue weighted by Crippen LogP contribution is -2.29. The molecule has 0 radical (unpaired) electrons. The van der Waals surface area contributed by atoms with Crippen molar-refractivity contribution in [2.45, 2.75) is 44.6 Å². The van der Waals surface area contributed by atoms with Gasteiger partial charge in [0.15, 0.2) is 9.84 Å². The van der Waals surface area contributed by atoms with E-state index < -0.39 is 20.4 Å². The van der Waals surface area contributed by atoms with Gasteiger partial charge in [0, 0.05) is 18.2 Å². The molecule has 0 aliphatic carbocycles. The first kappa shape index (κ1) is 18.8. The lowest BCUT2D eigenvalue weighted by atomic mass is 10.0. The number of hydrogen-bond donors (Lipinski definition) is 0. The molecule has 130 valence electrons. The zero-order valence-corrected chi connectivity index (χ0v) is 15.7. The molecule has 24 heavy (non-hydrogen) atoms. The maximum atomic E-state index is 14.1. The third-order valence-corrected chi connectivity index (χ3v) is 6.55. The van der Waals surface area contributed by atoms with Crippen molar-refractivity contribution in [1.82, 2.24) is 9.97 Å². The summed E-state index contributed by atoms with van der Waals surface area (Å²) in [5.74, 6) is -0.858. The maximum absolute atomic E-state index is 14.1. The number of rotatable bonds is 4. The number of hydrogen-bond acceptors (Lipinski definition) is 4. The molecular formula is C17H20ClFN2O2S. The van der Waals surface area contributed by atoms with E-state index in [0.717, 1.165) is 16.8 Å². The molecule has 0 amide bonds. The molecule has 0 N–H and O–H groups in total. The van der Waals surface area contributed by atoms with Crippen molar-refractivity contribution >= 4 is 21.4 Å². The van der Waals surface area contributed by atoms with Gasteiger partial charge in [0.25, 0.3) is 0 Å². The topological polar surface area (TPSA) is 59.9 Å². The summed E-state index contributed by atoms with van der Waals surface area (Å²) in [5, 5.41) is 0.147. The van der Waals surface area contributed by atoms with Crippen LogP contribution in [0.5, 0.6) is 0 Å². The number of aromatic nitrogens is 2. The number of aryl methyl sites for hydroxylation is 1. The van der Waals surface area contributed by atoms with Crippen LogP contribution in [0.4, 0.5) is 4.39 Å². The van der Waals surface area contributed by atoms with E-state index in [4.69, 9.17) is 11.6 Å². The fourth-order valence-electron chi connectivity index (χ4n) is 2.10. The van der Waals surface area contributed by atoms with Crippen molar-refractivity contribution in [3.63, 3.8) is 0 Å². The van der Waals surface area contributed by atoms with Gasteiger partial charge >= 0.3 is 0 Å². The number of nitrogens with zero attached hydrogens (tertiary/aromatic N) is 2. The second-order valence-corrected chi connectivity index (χ2v) is 9.82. The standard InChI is InChI=1S/C17H20ClFN2O2S/c1-11-9-20-16(18)21-15(11)8-12-5-6-14(19)13(7-12)10-24(22,23)17(2,3)4/h5-7,9H,8,10H2,1-4H3. The molecule has 0 spiro atoms. The van der Waals surface area contributed by atoms with Crippen LogP contribution in [0.1, 0.15) is 43.2 Å². The minimum atomic E-state index is -3.46. The van der Waals surface area contributed by atoms with E-state index in [1.54, 1.807) is 39.1 Å². The molecule has 0 saturated heterocycles. The third kappa shape index (κ3) is 4.30. The van der Waals surface area contributed by atoms with E-state index in [1.807, 2.05) is 6.92 Å². The molecular weight excluding hydrogens is 351 g/mol. The van der Waals surface area contributed by atoms with Crippen LogP contribution in [0.15, 0.2) is 24.4 Å². The van der Waals surface area contributed by atoms with Gasteiger partial charge in [0.1, 0.15) is 5.82 Å². The first-order chi connectivity index (χ1) is 11.0. The van der Waals surface area contributed by atoms with E-state index in [0.29, 0.717) is 6.42 Å². The van der Waals surface area contributed by atoms with E-state index in [2.05, 4.69) is 9.97 Å². The van der Waals surface area contributed by atoms with E-state index in [9.17, 15) is 12.8 Å². The van der Waals surface area contributed by atoms with Crippen molar-refractivity contribution in [2.75, 3.05) is 0 Å². The predicted molar refractivity (Wildman–Crippen MR) is 93.4 cm³/mol. The number of sulfone groups is 1. The van der Waals surface area contributed by atoms with Crippen LogP contribution in [-0.4, -0.2) is 23.1 Å². The average Bonchev–Trinajstić information content (AvgIpc) is 2.45. The Bertz CT molecular complexity index is 861. The monoisotopic (exact) mass is 370 g/mol. The summed E-state index contributed by atoms with van der Waals surface area (Å²) in [5.41, 5.74) is 2.53. The summed E-state index contributed by atoms with van der Waals surface area (Å²) < 4.78 is 37.8. The fourth-order valence-corrected chi connectivity index (χ4v) is 3.31. The summed E-state index contributed by atoms with van der Waals surface area (Å²) in [6.45, 7) is 6.68. The molecule has 4 nitrogen and oxygen atoms in total. The van der Waals surface area contributed by atoms with Crippen LogP contribution in [0.3, 0.4) is 0 Å². The van der Waals surface area contributed by atoms with Gasteiger partial charge in [-0.1, -0.05) is 12.1 Å². The van der Waals surface area contributed by atoms with Crippen molar-refractivity contribution in [3.8, 4) is 0 Å². The van der Waals surface area contributed by atoms with Crippen LogP contribution in [0.25, 0.3) is 0 Å². The molecule has 1 heterocycles. The van der Waals surface area contributed by atoms with Gasteiger partial charge < -0.3 is 0 Å². The Balaban J connectivity index is 2.34. The molecule has 0 saturated carbocycles. The molecule has 0 bridgehead atoms. The molecule has 0 aliphatic heterocycles. The Morgan fingerprint density at radius 1 is 1.25 bits per heavy atom. The van der Waals surface area contributed by atoms with Gasteiger partial charge in [-0.15, -0.1) is 0 Å². The lowest BCUT2D eigenvalue weighted by Gasteiger charge is -2.19. The minimum Gasteiger partial charge on any atom is -0.228 e. The van der Waals surface area contributed by atoms with Crippen LogP contribution in [-0.2, 0) is 22.0 Å². The Kier molecular flexibility index (Phi) is 5.30. The highest BCUT2D eigenvalue weighted by molar-refractivity contribution is 7.91. The highest BCUT2D eigenvalue weighted by Crippen LogP contribution is 2.23. The van der Waals surface area contributed by atoms with Gasteiger partial charge in [0.05, 0.1) is 16.2 Å². The average molecular weight is 371 g/mol. The van der Waals surface area contributed by atoms with Crippen molar-refractivity contribution in [2.24, 2.45) is 0 Å². The Hall–Kier alpha value is -1.53. The third-order valence-electron chi connectivity index (χ3n) is 3.81. The molecule has 2 rings (SSSR count). The zero-order chi connectivity index (χ0) is 18.1. The van der Waals surface area contributed by atoms with Crippen molar-refractivity contribution < 1.29 is 12.8 Å². The number of halogens is 2. The highest BCUT2D eigenvalue weighted by atomic mass is 35.5. The number of benzene rings is 1. The second kappa shape index (κ2) is 6.76. The minimum absolute atomic E-state index is 0.147. The largest absolute Gasteiger partial charge is 0.228 e. The molecule has 1 aromatic heterocycles. The van der Waals surface area contributed by atoms with E-state index >= 15 is 0 Å². The second-order valence-electron chi connectivity index (χ2n) is 6.74. The predicted octanol–water partition coefficient (Wildman–Crippen LogP) is 3.88. The fraction of sp³-hybridized carbons (Fsp3) is 0.412. The van der Waals surface area contributed by atoms with Crippen LogP contribution >= 0.6 is 11.6 Å². The molecule has 2 aromatic rings. The highest BCUT2D eigenvalue weighted by Gasteiger charge is 2.30. The van der Waals surface area contributed by atoms with Crippen molar-refractivity contribution in [3.05, 3.63) is 57.9 Å². The van der Waals surface area contributed by atoms with Crippen molar-refractivity contribution in [1.29, 1.82) is 0 Å². The Morgan fingerprint density at radius 3 is 2.54 bits per heavy atom. The van der Waals surface area contributed by atoms with Gasteiger partial charge in [0.2, 0.25) is 5.28 Å². The van der Waals surface area contributed by atoms with Gasteiger partial charge in [-0.2, -0.15) is 0 Å². The summed E-state index contributed by atoms with van der Waals surface area (Å²) in [7, 11) is -3.46. The lowest BCUT2D eigenvalue weighted by molar-refractivity contribution is 0.555. The van der Waals surface area contributed by atoms with Crippen LogP contribution in [0, 0.1) is 12.7 Å². The molecule has 0 fully saturated rings. The van der Waals surface area contributed by atoms with Crippen LogP contribution < -0.4 is 0 Å². The molecule has 0 atom stereocenters. The van der Waals surface area contributed by atoms with Crippen LogP contribution in [0.2, 0.25) is 5.28 Å². The molecule has 1 aromatic carbocycles. The maximum Gasteiger partial charge on any atom is 0.222 e. The smallest absolute Gasteiger partial charge is 0.222 e. The SMILES string of the molecule is Cc1cnc(Cl)nc1Cc1ccc(F)c(CS(=O)(=O)C(C)(C)C)c1. The first-order valence-corrected chi connectivity index (χ1v) is 9.50.